The average molecular weight is 606 g/mol. The lowest BCUT2D eigenvalue weighted by Gasteiger charge is -2.32. The number of amides is 1. The van der Waals surface area contributed by atoms with Crippen LogP contribution < -0.4 is 0 Å². The van der Waals surface area contributed by atoms with Gasteiger partial charge in [0.2, 0.25) is 5.91 Å². The Balaban J connectivity index is 1.23. The van der Waals surface area contributed by atoms with Gasteiger partial charge in [0.1, 0.15) is 5.75 Å². The first-order valence-electron chi connectivity index (χ1n) is 13.1. The summed E-state index contributed by atoms with van der Waals surface area (Å²) >= 11 is 2.34. The zero-order valence-corrected chi connectivity index (χ0v) is 23.0. The van der Waals surface area contributed by atoms with E-state index in [1.54, 1.807) is 12.1 Å². The van der Waals surface area contributed by atoms with Crippen LogP contribution >= 0.6 is 22.6 Å². The maximum absolute atomic E-state index is 12.7. The van der Waals surface area contributed by atoms with Gasteiger partial charge < -0.3 is 10.0 Å². The molecule has 37 heavy (non-hydrogen) atoms. The largest absolute Gasteiger partial charge is 0.507 e. The van der Waals surface area contributed by atoms with Gasteiger partial charge in [-0.1, -0.05) is 48.0 Å². The van der Waals surface area contributed by atoms with Crippen LogP contribution in [-0.4, -0.2) is 47.5 Å². The molecule has 5 nitrogen and oxygen atoms in total. The molecule has 2 aromatic carbocycles. The van der Waals surface area contributed by atoms with Crippen LogP contribution in [-0.2, 0) is 4.79 Å². The number of hydrogen-bond acceptors (Lipinski definition) is 4. The molecule has 3 aliphatic rings. The number of allylic oxidation sites excluding steroid dienone is 3. The number of benzene rings is 2. The first-order chi connectivity index (χ1) is 18.1. The summed E-state index contributed by atoms with van der Waals surface area (Å²) in [6.45, 7) is 2.43. The zero-order chi connectivity index (χ0) is 25.6. The Kier molecular flexibility index (Phi) is 8.34. The minimum atomic E-state index is 0.101. The highest BCUT2D eigenvalue weighted by atomic mass is 127. The van der Waals surface area contributed by atoms with Crippen molar-refractivity contribution in [2.24, 2.45) is 21.8 Å². The molecule has 1 saturated heterocycles. The Morgan fingerprint density at radius 2 is 1.81 bits per heavy atom. The lowest BCUT2D eigenvalue weighted by atomic mass is 9.82. The first kappa shape index (κ1) is 25.6. The number of piperidine rings is 1. The van der Waals surface area contributed by atoms with E-state index in [9.17, 15) is 9.90 Å². The number of hydrogen-bond donors (Lipinski definition) is 1. The molecule has 1 fully saturated rings. The van der Waals surface area contributed by atoms with Gasteiger partial charge in [-0.15, -0.1) is 0 Å². The molecular formula is C31H32IN3O2. The molecule has 6 heteroatoms. The molecule has 0 aliphatic carbocycles. The van der Waals surface area contributed by atoms with E-state index in [2.05, 4.69) is 33.7 Å². The van der Waals surface area contributed by atoms with Gasteiger partial charge in [0.25, 0.3) is 0 Å². The summed E-state index contributed by atoms with van der Waals surface area (Å²) in [6, 6.07) is 17.4. The molecule has 0 radical (unpaired) electrons. The normalized spacial score (nSPS) is 20.5. The molecule has 0 aromatic heterocycles. The molecule has 3 heterocycles. The molecule has 1 atom stereocenters. The fraction of sp³-hybridized carbons (Fsp3) is 0.323. The number of fused-ring (bicyclic) bond motifs is 1. The van der Waals surface area contributed by atoms with Gasteiger partial charge in [-0.2, -0.15) is 0 Å². The summed E-state index contributed by atoms with van der Waals surface area (Å²) in [5, 5.41) is 10.5. The molecule has 1 unspecified atom stereocenters. The van der Waals surface area contributed by atoms with Crippen molar-refractivity contribution in [2.45, 2.75) is 32.1 Å². The van der Waals surface area contributed by atoms with E-state index in [-0.39, 0.29) is 17.6 Å². The molecular weight excluding hydrogens is 573 g/mol. The number of carbonyl (C=O) groups excluding carboxylic acids is 1. The van der Waals surface area contributed by atoms with E-state index >= 15 is 0 Å². The van der Waals surface area contributed by atoms with E-state index in [1.165, 1.54) is 5.57 Å². The number of phenols is 1. The van der Waals surface area contributed by atoms with Gasteiger partial charge >= 0.3 is 0 Å². The van der Waals surface area contributed by atoms with Gasteiger partial charge in [-0.25, -0.2) is 0 Å². The lowest BCUT2D eigenvalue weighted by Crippen LogP contribution is -2.37. The number of carbonyl (C=O) groups is 1. The average Bonchev–Trinajstić information content (AvgIpc) is 3.12. The van der Waals surface area contributed by atoms with E-state index < -0.39 is 0 Å². The minimum Gasteiger partial charge on any atom is -0.507 e. The Labute approximate surface area is 232 Å². The van der Waals surface area contributed by atoms with Crippen LogP contribution in [0.2, 0.25) is 0 Å². The third-order valence-electron chi connectivity index (χ3n) is 7.50. The number of phenolic OH excluding ortho intramolecular Hbond substituents is 1. The minimum absolute atomic E-state index is 0.101. The third-order valence-corrected chi connectivity index (χ3v) is 8.33. The van der Waals surface area contributed by atoms with Crippen molar-refractivity contribution in [1.29, 1.82) is 0 Å². The summed E-state index contributed by atoms with van der Waals surface area (Å²) in [5.41, 5.74) is 5.10. The Morgan fingerprint density at radius 3 is 2.59 bits per heavy atom. The van der Waals surface area contributed by atoms with Gasteiger partial charge in [0.15, 0.2) is 0 Å². The van der Waals surface area contributed by atoms with Gasteiger partial charge in [0.05, 0.1) is 15.0 Å². The molecule has 5 rings (SSSR count). The second-order valence-electron chi connectivity index (χ2n) is 9.89. The number of para-hydroxylation sites is 1. The van der Waals surface area contributed by atoms with Crippen molar-refractivity contribution in [3.8, 4) is 5.75 Å². The molecule has 0 bridgehead atoms. The van der Waals surface area contributed by atoms with Gasteiger partial charge in [0, 0.05) is 43.4 Å². The second-order valence-corrected chi connectivity index (χ2v) is 11.1. The second kappa shape index (κ2) is 12.0. The SMILES string of the molecule is O=C(/C=C/c1ccccc1)N1CCC(CCC2=CC(c3ccccc3O)=NC3=C(I)C=NCCC23)CC1. The zero-order valence-electron chi connectivity index (χ0n) is 20.9. The summed E-state index contributed by atoms with van der Waals surface area (Å²) in [4.78, 5) is 24.2. The highest BCUT2D eigenvalue weighted by molar-refractivity contribution is 14.1. The maximum Gasteiger partial charge on any atom is 0.246 e. The van der Waals surface area contributed by atoms with Crippen molar-refractivity contribution >= 4 is 46.5 Å². The number of likely N-dealkylation sites (tertiary alicyclic amines) is 1. The summed E-state index contributed by atoms with van der Waals surface area (Å²) < 4.78 is 1.08. The van der Waals surface area contributed by atoms with Crippen LogP contribution in [0.15, 0.2) is 91.6 Å². The highest BCUT2D eigenvalue weighted by Gasteiger charge is 2.29. The van der Waals surface area contributed by atoms with Gasteiger partial charge in [-0.3, -0.25) is 14.8 Å². The van der Waals surface area contributed by atoms with Crippen LogP contribution in [0.1, 0.15) is 43.2 Å². The summed E-state index contributed by atoms with van der Waals surface area (Å²) in [5.74, 6) is 1.23. The maximum atomic E-state index is 12.7. The smallest absolute Gasteiger partial charge is 0.246 e. The van der Waals surface area contributed by atoms with Crippen LogP contribution in [0.4, 0.5) is 0 Å². The molecule has 0 spiro atoms. The van der Waals surface area contributed by atoms with Crippen molar-refractivity contribution in [2.75, 3.05) is 19.6 Å². The van der Waals surface area contributed by atoms with Crippen LogP contribution in [0.3, 0.4) is 0 Å². The van der Waals surface area contributed by atoms with E-state index in [1.807, 2.05) is 65.7 Å². The van der Waals surface area contributed by atoms with Gasteiger partial charge in [-0.05, 0) is 90.5 Å². The molecule has 1 N–H and O–H groups in total. The quantitative estimate of drug-likeness (QED) is 0.298. The predicted octanol–water partition coefficient (Wildman–Crippen LogP) is 6.59. The molecule has 0 saturated carbocycles. The Morgan fingerprint density at radius 1 is 1.05 bits per heavy atom. The molecule has 2 aromatic rings. The number of nitrogens with zero attached hydrogens (tertiary/aromatic N) is 3. The van der Waals surface area contributed by atoms with Crippen molar-refractivity contribution in [1.82, 2.24) is 4.90 Å². The topological polar surface area (TPSA) is 65.3 Å². The van der Waals surface area contributed by atoms with Crippen LogP contribution in [0, 0.1) is 11.8 Å². The standard InChI is InChI=1S/C31H32IN3O2/c32-27-21-33-17-14-25-24(20-28(34-31(25)27)26-8-4-5-9-29(26)36)12-10-23-15-18-35(19-16-23)30(37)13-11-22-6-2-1-3-7-22/h1-9,11,13,20-21,23,25,36H,10,12,14-19H2/b13-11+. The van der Waals surface area contributed by atoms with Crippen LogP contribution in [0.5, 0.6) is 5.75 Å². The van der Waals surface area contributed by atoms with Crippen molar-refractivity contribution < 1.29 is 9.90 Å². The lowest BCUT2D eigenvalue weighted by molar-refractivity contribution is -0.127. The van der Waals surface area contributed by atoms with Crippen LogP contribution in [0.25, 0.3) is 6.08 Å². The Hall–Kier alpha value is -3.00. The third kappa shape index (κ3) is 6.29. The van der Waals surface area contributed by atoms with E-state index in [0.717, 1.165) is 77.9 Å². The molecule has 1 amide bonds. The van der Waals surface area contributed by atoms with Crippen molar-refractivity contribution in [3.63, 3.8) is 0 Å². The van der Waals surface area contributed by atoms with E-state index in [0.29, 0.717) is 5.92 Å². The fourth-order valence-corrected chi connectivity index (χ4v) is 6.07. The number of aliphatic imine (C=N–C) groups is 2. The highest BCUT2D eigenvalue weighted by Crippen LogP contribution is 2.39. The summed E-state index contributed by atoms with van der Waals surface area (Å²) in [6.07, 6.45) is 12.9. The monoisotopic (exact) mass is 605 g/mol. The number of dihydropyridines is 1. The van der Waals surface area contributed by atoms with Crippen molar-refractivity contribution in [3.05, 3.63) is 92.7 Å². The number of rotatable bonds is 6. The molecule has 3 aliphatic heterocycles. The summed E-state index contributed by atoms with van der Waals surface area (Å²) in [7, 11) is 0. The predicted molar refractivity (Wildman–Crippen MR) is 159 cm³/mol. The number of aromatic hydroxyl groups is 1. The first-order valence-corrected chi connectivity index (χ1v) is 14.2. The number of halogens is 1. The Bertz CT molecular complexity index is 1280. The molecule has 190 valence electrons. The fourth-order valence-electron chi connectivity index (χ4n) is 5.37. The van der Waals surface area contributed by atoms with E-state index in [4.69, 9.17) is 4.99 Å².